The van der Waals surface area contributed by atoms with E-state index in [-0.39, 0.29) is 0 Å². The highest BCUT2D eigenvalue weighted by Gasteiger charge is 2.18. The van der Waals surface area contributed by atoms with Crippen LogP contribution in [-0.4, -0.2) is 21.1 Å². The van der Waals surface area contributed by atoms with Crippen LogP contribution in [0.15, 0.2) is 48.5 Å². The Kier molecular flexibility index (Phi) is 5.70. The van der Waals surface area contributed by atoms with Gasteiger partial charge in [-0.3, -0.25) is 0 Å². The summed E-state index contributed by atoms with van der Waals surface area (Å²) >= 11 is 0. The van der Waals surface area contributed by atoms with Crippen molar-refractivity contribution in [2.45, 2.75) is 52.6 Å². The number of aromatic nitrogens is 3. The maximum atomic E-state index is 9.68. The van der Waals surface area contributed by atoms with Gasteiger partial charge in [-0.15, -0.1) is 0 Å². The number of hydrogen-bond donors (Lipinski definition) is 1. The number of benzene rings is 2. The Hall–Kier alpha value is -3.49. The molecular formula is C28H29N5. The number of nitrogens with zero attached hydrogens (tertiary/aromatic N) is 4. The van der Waals surface area contributed by atoms with Gasteiger partial charge in [-0.2, -0.15) is 5.26 Å². The summed E-state index contributed by atoms with van der Waals surface area (Å²) in [6.45, 7) is 8.06. The zero-order valence-electron chi connectivity index (χ0n) is 19.5. The van der Waals surface area contributed by atoms with Gasteiger partial charge in [0, 0.05) is 18.2 Å². The second-order valence-electron chi connectivity index (χ2n) is 8.98. The minimum atomic E-state index is 0.386. The molecule has 3 heterocycles. The van der Waals surface area contributed by atoms with E-state index < -0.39 is 0 Å². The van der Waals surface area contributed by atoms with Crippen LogP contribution in [0.2, 0.25) is 0 Å². The van der Waals surface area contributed by atoms with E-state index in [1.54, 1.807) is 0 Å². The first-order valence-electron chi connectivity index (χ1n) is 11.8. The molecule has 5 nitrogen and oxygen atoms in total. The predicted molar refractivity (Wildman–Crippen MR) is 132 cm³/mol. The van der Waals surface area contributed by atoms with E-state index >= 15 is 0 Å². The number of hydrogen-bond acceptors (Lipinski definition) is 4. The molecule has 1 atom stereocenters. The van der Waals surface area contributed by atoms with Gasteiger partial charge in [-0.05, 0) is 79.3 Å². The molecule has 1 N–H and O–H groups in total. The third-order valence-electron chi connectivity index (χ3n) is 6.65. The zero-order valence-corrected chi connectivity index (χ0v) is 19.5. The lowest BCUT2D eigenvalue weighted by atomic mass is 9.94. The van der Waals surface area contributed by atoms with E-state index in [0.717, 1.165) is 59.7 Å². The molecule has 0 amide bonds. The van der Waals surface area contributed by atoms with E-state index in [4.69, 9.17) is 9.97 Å². The second kappa shape index (κ2) is 8.80. The van der Waals surface area contributed by atoms with Crippen molar-refractivity contribution in [2.75, 3.05) is 6.54 Å². The minimum absolute atomic E-state index is 0.386. The Morgan fingerprint density at radius 3 is 2.61 bits per heavy atom. The van der Waals surface area contributed by atoms with E-state index in [1.807, 2.05) is 13.0 Å². The number of pyridine rings is 1. The number of fused-ring (bicyclic) bond motifs is 1. The molecule has 33 heavy (non-hydrogen) atoms. The molecule has 0 radical (unpaired) electrons. The van der Waals surface area contributed by atoms with Crippen LogP contribution < -0.4 is 5.32 Å². The summed E-state index contributed by atoms with van der Waals surface area (Å²) in [5.74, 6) is 1.05. The first-order chi connectivity index (χ1) is 16.1. The molecule has 0 bridgehead atoms. The molecule has 0 saturated carbocycles. The standard InChI is InChI=1S/C28H29N5/c1-4-26-32-27-18(2)14-19(3)31-28(27)33(26)17-20-7-9-21(10-8-20)24-15-22(11-12-23(24)16-29)25-6-5-13-30-25/h7-12,14-15,25,30H,4-6,13,17H2,1-3H3. The van der Waals surface area contributed by atoms with Crippen LogP contribution in [0.4, 0.5) is 0 Å². The predicted octanol–water partition coefficient (Wildman–Crippen LogP) is 5.62. The van der Waals surface area contributed by atoms with Crippen LogP contribution in [0.1, 0.15) is 59.6 Å². The summed E-state index contributed by atoms with van der Waals surface area (Å²) in [5, 5.41) is 13.2. The van der Waals surface area contributed by atoms with Gasteiger partial charge in [0.1, 0.15) is 11.3 Å². The average molecular weight is 436 g/mol. The molecule has 4 aromatic rings. The van der Waals surface area contributed by atoms with Gasteiger partial charge in [0.05, 0.1) is 18.2 Å². The molecule has 1 aliphatic rings. The first-order valence-corrected chi connectivity index (χ1v) is 11.8. The summed E-state index contributed by atoms with van der Waals surface area (Å²) in [4.78, 5) is 9.66. The van der Waals surface area contributed by atoms with Crippen LogP contribution >= 0.6 is 0 Å². The molecule has 2 aromatic carbocycles. The van der Waals surface area contributed by atoms with Gasteiger partial charge >= 0.3 is 0 Å². The number of nitriles is 1. The van der Waals surface area contributed by atoms with Crippen molar-refractivity contribution in [3.8, 4) is 17.2 Å². The Balaban J connectivity index is 1.48. The minimum Gasteiger partial charge on any atom is -0.310 e. The molecule has 1 saturated heterocycles. The summed E-state index contributed by atoms with van der Waals surface area (Å²) in [6.07, 6.45) is 3.21. The molecule has 166 valence electrons. The highest BCUT2D eigenvalue weighted by molar-refractivity contribution is 5.76. The van der Waals surface area contributed by atoms with E-state index in [2.05, 4.69) is 72.3 Å². The SMILES string of the molecule is CCc1nc2c(C)cc(C)nc2n1Cc1ccc(-c2cc(C3CCCN3)ccc2C#N)cc1. The van der Waals surface area contributed by atoms with Crippen molar-refractivity contribution in [3.05, 3.63) is 82.3 Å². The Bertz CT molecular complexity index is 1350. The highest BCUT2D eigenvalue weighted by atomic mass is 15.1. The summed E-state index contributed by atoms with van der Waals surface area (Å²) < 4.78 is 2.23. The highest BCUT2D eigenvalue weighted by Crippen LogP contribution is 2.31. The molecule has 1 unspecified atom stereocenters. The van der Waals surface area contributed by atoms with Crippen molar-refractivity contribution >= 4 is 11.2 Å². The van der Waals surface area contributed by atoms with Gasteiger partial charge in [0.2, 0.25) is 0 Å². The Labute approximate surface area is 195 Å². The molecule has 5 heteroatoms. The van der Waals surface area contributed by atoms with Crippen LogP contribution in [0.3, 0.4) is 0 Å². The summed E-state index contributed by atoms with van der Waals surface area (Å²) in [6, 6.07) is 19.7. The third kappa shape index (κ3) is 4.03. The molecule has 2 aromatic heterocycles. The Morgan fingerprint density at radius 2 is 1.91 bits per heavy atom. The van der Waals surface area contributed by atoms with Crippen molar-refractivity contribution < 1.29 is 0 Å². The van der Waals surface area contributed by atoms with Crippen molar-refractivity contribution in [1.29, 1.82) is 5.26 Å². The number of rotatable bonds is 5. The van der Waals surface area contributed by atoms with Gasteiger partial charge in [-0.25, -0.2) is 9.97 Å². The van der Waals surface area contributed by atoms with E-state index in [9.17, 15) is 5.26 Å². The van der Waals surface area contributed by atoms with Gasteiger partial charge in [0.25, 0.3) is 0 Å². The molecular weight excluding hydrogens is 406 g/mol. The van der Waals surface area contributed by atoms with Gasteiger partial charge in [-0.1, -0.05) is 37.3 Å². The fourth-order valence-corrected chi connectivity index (χ4v) is 4.94. The van der Waals surface area contributed by atoms with Crippen molar-refractivity contribution in [1.82, 2.24) is 19.9 Å². The molecule has 5 rings (SSSR count). The van der Waals surface area contributed by atoms with Crippen molar-refractivity contribution in [3.63, 3.8) is 0 Å². The maximum absolute atomic E-state index is 9.68. The smallest absolute Gasteiger partial charge is 0.160 e. The normalized spacial score (nSPS) is 15.8. The molecule has 1 aliphatic heterocycles. The van der Waals surface area contributed by atoms with Gasteiger partial charge in [0.15, 0.2) is 5.65 Å². The monoisotopic (exact) mass is 435 g/mol. The van der Waals surface area contributed by atoms with Crippen molar-refractivity contribution in [2.24, 2.45) is 0 Å². The summed E-state index contributed by atoms with van der Waals surface area (Å²) in [7, 11) is 0. The topological polar surface area (TPSA) is 66.5 Å². The average Bonchev–Trinajstić information content (AvgIpc) is 3.48. The van der Waals surface area contributed by atoms with E-state index in [1.165, 1.54) is 23.1 Å². The molecule has 0 spiro atoms. The van der Waals surface area contributed by atoms with E-state index in [0.29, 0.717) is 11.6 Å². The maximum Gasteiger partial charge on any atom is 0.160 e. The van der Waals surface area contributed by atoms with Crippen LogP contribution in [-0.2, 0) is 13.0 Å². The van der Waals surface area contributed by atoms with Crippen LogP contribution in [0.25, 0.3) is 22.3 Å². The largest absolute Gasteiger partial charge is 0.310 e. The third-order valence-corrected chi connectivity index (χ3v) is 6.65. The number of imidazole rings is 1. The molecule has 1 fully saturated rings. The lowest BCUT2D eigenvalue weighted by Crippen LogP contribution is -2.12. The van der Waals surface area contributed by atoms with Crippen LogP contribution in [0, 0.1) is 25.2 Å². The fourth-order valence-electron chi connectivity index (χ4n) is 4.94. The second-order valence-corrected chi connectivity index (χ2v) is 8.98. The number of aryl methyl sites for hydroxylation is 3. The number of nitrogens with one attached hydrogen (secondary N) is 1. The summed E-state index contributed by atoms with van der Waals surface area (Å²) in [5.41, 5.74) is 9.38. The Morgan fingerprint density at radius 1 is 1.09 bits per heavy atom. The van der Waals surface area contributed by atoms with Crippen LogP contribution in [0.5, 0.6) is 0 Å². The lowest BCUT2D eigenvalue weighted by molar-refractivity contribution is 0.648. The van der Waals surface area contributed by atoms with Gasteiger partial charge < -0.3 is 9.88 Å². The fraction of sp³-hybridized carbons (Fsp3) is 0.321. The zero-order chi connectivity index (χ0) is 22.9. The lowest BCUT2D eigenvalue weighted by Gasteiger charge is -2.14. The quantitative estimate of drug-likeness (QED) is 0.442. The molecule has 0 aliphatic carbocycles. The first kappa shape index (κ1) is 21.4.